The van der Waals surface area contributed by atoms with E-state index in [2.05, 4.69) is 5.32 Å². The molecule has 0 heterocycles. The van der Waals surface area contributed by atoms with Crippen LogP contribution in [0.1, 0.15) is 42.7 Å². The van der Waals surface area contributed by atoms with Gasteiger partial charge in [0.05, 0.1) is 5.92 Å². The first-order chi connectivity index (χ1) is 9.65. The van der Waals surface area contributed by atoms with Gasteiger partial charge < -0.3 is 10.4 Å². The van der Waals surface area contributed by atoms with E-state index >= 15 is 0 Å². The predicted octanol–water partition coefficient (Wildman–Crippen LogP) is 2.09. The molecule has 1 saturated carbocycles. The van der Waals surface area contributed by atoms with Crippen molar-refractivity contribution >= 4 is 11.9 Å². The van der Waals surface area contributed by atoms with Crippen molar-refractivity contribution in [3.63, 3.8) is 0 Å². The lowest BCUT2D eigenvalue weighted by molar-refractivity contribution is -0.142. The first-order valence-electron chi connectivity index (χ1n) is 7.26. The molecule has 1 fully saturated rings. The fourth-order valence-corrected chi connectivity index (χ4v) is 3.01. The Bertz CT molecular complexity index is 536. The third-order valence-corrected chi connectivity index (χ3v) is 4.33. The molecule has 2 unspecified atom stereocenters. The van der Waals surface area contributed by atoms with Gasteiger partial charge in [-0.1, -0.05) is 37.1 Å². The van der Waals surface area contributed by atoms with Gasteiger partial charge in [-0.05, 0) is 36.3 Å². The van der Waals surface area contributed by atoms with Crippen LogP contribution in [0.3, 0.4) is 0 Å². The normalized spacial score (nSPS) is 22.1. The van der Waals surface area contributed by atoms with E-state index in [1.807, 2.05) is 24.3 Å². The Balaban J connectivity index is 1.68. The number of amides is 1. The van der Waals surface area contributed by atoms with Crippen molar-refractivity contribution in [2.75, 3.05) is 0 Å². The largest absolute Gasteiger partial charge is 0.480 e. The van der Waals surface area contributed by atoms with E-state index in [0.717, 1.165) is 31.2 Å². The van der Waals surface area contributed by atoms with Gasteiger partial charge in [0.1, 0.15) is 6.04 Å². The molecular formula is C16H19NO3. The number of hydrogen-bond acceptors (Lipinski definition) is 2. The molecule has 2 aliphatic rings. The van der Waals surface area contributed by atoms with Crippen molar-refractivity contribution < 1.29 is 14.7 Å². The lowest BCUT2D eigenvalue weighted by Crippen LogP contribution is -2.43. The van der Waals surface area contributed by atoms with Crippen LogP contribution in [0.25, 0.3) is 0 Å². The Hall–Kier alpha value is -1.84. The number of carbonyl (C=O) groups excluding carboxylic acids is 1. The minimum atomic E-state index is -0.920. The highest BCUT2D eigenvalue weighted by Crippen LogP contribution is 2.35. The number of carboxylic acid groups (broad SMARTS) is 1. The smallest absolute Gasteiger partial charge is 0.326 e. The van der Waals surface area contributed by atoms with E-state index < -0.39 is 12.0 Å². The topological polar surface area (TPSA) is 66.4 Å². The second-order valence-corrected chi connectivity index (χ2v) is 5.87. The molecule has 0 aromatic heterocycles. The third-order valence-electron chi connectivity index (χ3n) is 4.33. The average molecular weight is 273 g/mol. The van der Waals surface area contributed by atoms with Gasteiger partial charge in [-0.3, -0.25) is 4.79 Å². The highest BCUT2D eigenvalue weighted by atomic mass is 16.4. The average Bonchev–Trinajstić information content (AvgIpc) is 3.14. The van der Waals surface area contributed by atoms with Crippen LogP contribution in [-0.2, 0) is 16.0 Å². The second-order valence-electron chi connectivity index (χ2n) is 5.87. The van der Waals surface area contributed by atoms with Gasteiger partial charge in [0.15, 0.2) is 0 Å². The first kappa shape index (κ1) is 13.2. The number of nitrogens with one attached hydrogen (secondary N) is 1. The van der Waals surface area contributed by atoms with Crippen LogP contribution in [0.2, 0.25) is 0 Å². The zero-order chi connectivity index (χ0) is 14.1. The molecule has 3 rings (SSSR count). The summed E-state index contributed by atoms with van der Waals surface area (Å²) in [4.78, 5) is 23.6. The first-order valence-corrected chi connectivity index (χ1v) is 7.26. The maximum absolute atomic E-state index is 12.4. The molecule has 0 spiro atoms. The SMILES string of the molecule is O=C(O)C(CC1CC1)NC(=O)C1CCc2ccccc21. The molecule has 106 valence electrons. The van der Waals surface area contributed by atoms with Gasteiger partial charge in [0.2, 0.25) is 5.91 Å². The molecule has 4 heteroatoms. The molecular weight excluding hydrogens is 254 g/mol. The summed E-state index contributed by atoms with van der Waals surface area (Å²) in [7, 11) is 0. The minimum Gasteiger partial charge on any atom is -0.480 e. The lowest BCUT2D eigenvalue weighted by atomic mass is 9.99. The molecule has 1 amide bonds. The molecule has 1 aromatic rings. The van der Waals surface area contributed by atoms with Gasteiger partial charge in [0, 0.05) is 0 Å². The van der Waals surface area contributed by atoms with Gasteiger partial charge in [-0.2, -0.15) is 0 Å². The highest BCUT2D eigenvalue weighted by molar-refractivity contribution is 5.89. The lowest BCUT2D eigenvalue weighted by Gasteiger charge is -2.18. The minimum absolute atomic E-state index is 0.136. The summed E-state index contributed by atoms with van der Waals surface area (Å²) in [5.41, 5.74) is 2.27. The van der Waals surface area contributed by atoms with Crippen molar-refractivity contribution in [1.29, 1.82) is 0 Å². The Morgan fingerprint density at radius 2 is 2.00 bits per heavy atom. The Morgan fingerprint density at radius 1 is 1.25 bits per heavy atom. The number of aryl methyl sites for hydroxylation is 1. The van der Waals surface area contributed by atoms with Crippen molar-refractivity contribution in [2.24, 2.45) is 5.92 Å². The Labute approximate surface area is 118 Å². The van der Waals surface area contributed by atoms with Gasteiger partial charge in [0.25, 0.3) is 0 Å². The molecule has 4 nitrogen and oxygen atoms in total. The fraction of sp³-hybridized carbons (Fsp3) is 0.500. The predicted molar refractivity (Wildman–Crippen MR) is 74.4 cm³/mol. The summed E-state index contributed by atoms with van der Waals surface area (Å²) in [6, 6.07) is 7.20. The number of rotatable bonds is 5. The van der Waals surface area contributed by atoms with E-state index in [0.29, 0.717) is 12.3 Å². The molecule has 0 radical (unpaired) electrons. The van der Waals surface area contributed by atoms with E-state index in [-0.39, 0.29) is 11.8 Å². The standard InChI is InChI=1S/C16H19NO3/c18-15(17-14(16(19)20)9-10-5-6-10)13-8-7-11-3-1-2-4-12(11)13/h1-4,10,13-14H,5-9H2,(H,17,18)(H,19,20). The quantitative estimate of drug-likeness (QED) is 0.863. The van der Waals surface area contributed by atoms with E-state index in [9.17, 15) is 14.7 Å². The molecule has 2 N–H and O–H groups in total. The summed E-state index contributed by atoms with van der Waals surface area (Å²) in [5, 5.41) is 12.0. The second kappa shape index (κ2) is 5.27. The number of benzene rings is 1. The molecule has 1 aromatic carbocycles. The van der Waals surface area contributed by atoms with E-state index in [1.165, 1.54) is 5.56 Å². The molecule has 0 saturated heterocycles. The van der Waals surface area contributed by atoms with Crippen LogP contribution in [0.4, 0.5) is 0 Å². The van der Waals surface area contributed by atoms with Crippen molar-refractivity contribution in [3.05, 3.63) is 35.4 Å². The van der Waals surface area contributed by atoms with Crippen molar-refractivity contribution in [1.82, 2.24) is 5.32 Å². The number of carboxylic acids is 1. The number of carbonyl (C=O) groups is 2. The molecule has 0 aliphatic heterocycles. The van der Waals surface area contributed by atoms with Gasteiger partial charge >= 0.3 is 5.97 Å². The number of fused-ring (bicyclic) bond motifs is 1. The molecule has 20 heavy (non-hydrogen) atoms. The summed E-state index contributed by atoms with van der Waals surface area (Å²) in [6.07, 6.45) is 4.42. The van der Waals surface area contributed by atoms with E-state index in [4.69, 9.17) is 0 Å². The van der Waals surface area contributed by atoms with Crippen LogP contribution in [0, 0.1) is 5.92 Å². The Kier molecular flexibility index (Phi) is 3.47. The van der Waals surface area contributed by atoms with Crippen LogP contribution >= 0.6 is 0 Å². The molecule has 0 bridgehead atoms. The summed E-state index contributed by atoms with van der Waals surface area (Å²) >= 11 is 0. The monoisotopic (exact) mass is 273 g/mol. The Morgan fingerprint density at radius 3 is 2.70 bits per heavy atom. The summed E-state index contributed by atoms with van der Waals surface area (Å²) < 4.78 is 0. The zero-order valence-electron chi connectivity index (χ0n) is 11.3. The van der Waals surface area contributed by atoms with Crippen LogP contribution in [0.5, 0.6) is 0 Å². The summed E-state index contributed by atoms with van der Waals surface area (Å²) in [5.74, 6) is -0.765. The molecule has 2 atom stereocenters. The van der Waals surface area contributed by atoms with Crippen molar-refractivity contribution in [2.45, 2.75) is 44.1 Å². The summed E-state index contributed by atoms with van der Waals surface area (Å²) in [6.45, 7) is 0. The maximum Gasteiger partial charge on any atom is 0.326 e. The number of hydrogen-bond donors (Lipinski definition) is 2. The fourth-order valence-electron chi connectivity index (χ4n) is 3.01. The highest BCUT2D eigenvalue weighted by Gasteiger charge is 2.34. The van der Waals surface area contributed by atoms with E-state index in [1.54, 1.807) is 0 Å². The molecule has 2 aliphatic carbocycles. The van der Waals surface area contributed by atoms with Crippen LogP contribution in [-0.4, -0.2) is 23.0 Å². The van der Waals surface area contributed by atoms with Crippen LogP contribution in [0.15, 0.2) is 24.3 Å². The van der Waals surface area contributed by atoms with Gasteiger partial charge in [-0.15, -0.1) is 0 Å². The zero-order valence-corrected chi connectivity index (χ0v) is 11.3. The van der Waals surface area contributed by atoms with Crippen molar-refractivity contribution in [3.8, 4) is 0 Å². The van der Waals surface area contributed by atoms with Gasteiger partial charge in [-0.25, -0.2) is 4.79 Å². The maximum atomic E-state index is 12.4. The van der Waals surface area contributed by atoms with Crippen LogP contribution < -0.4 is 5.32 Å². The number of aliphatic carboxylic acids is 1. The third kappa shape index (κ3) is 2.69.